The fourth-order valence-electron chi connectivity index (χ4n) is 2.08. The summed E-state index contributed by atoms with van der Waals surface area (Å²) in [4.78, 5) is 22.9. The summed E-state index contributed by atoms with van der Waals surface area (Å²) in [6, 6.07) is 7.64. The molecule has 0 radical (unpaired) electrons. The minimum atomic E-state index is -3.78. The number of hydrogen-bond acceptors (Lipinski definition) is 4. The molecule has 3 N–H and O–H groups in total. The Morgan fingerprint density at radius 2 is 1.81 bits per heavy atom. The van der Waals surface area contributed by atoms with Crippen LogP contribution in [0.2, 0.25) is 0 Å². The molecule has 1 aliphatic rings. The number of carboxylic acid groups (broad SMARTS) is 1. The maximum Gasteiger partial charge on any atom is 0.329 e. The highest BCUT2D eigenvalue weighted by atomic mass is 32.2. The third-order valence-corrected chi connectivity index (χ3v) is 4.89. The third kappa shape index (κ3) is 3.40. The number of benzene rings is 1. The highest BCUT2D eigenvalue weighted by molar-refractivity contribution is 7.89. The van der Waals surface area contributed by atoms with Crippen molar-refractivity contribution in [1.29, 1.82) is 0 Å². The molecule has 1 amide bonds. The van der Waals surface area contributed by atoms with Gasteiger partial charge in [-0.15, -0.1) is 0 Å². The van der Waals surface area contributed by atoms with Crippen molar-refractivity contribution in [2.24, 2.45) is 0 Å². The summed E-state index contributed by atoms with van der Waals surface area (Å²) in [5, 5.41) is 11.5. The van der Waals surface area contributed by atoms with Crippen LogP contribution in [0.15, 0.2) is 35.2 Å². The van der Waals surface area contributed by atoms with E-state index >= 15 is 0 Å². The topological polar surface area (TPSA) is 113 Å². The van der Waals surface area contributed by atoms with Crippen molar-refractivity contribution in [3.63, 3.8) is 0 Å². The molecule has 2 rings (SSSR count). The Hall–Kier alpha value is -1.93. The summed E-state index contributed by atoms with van der Waals surface area (Å²) in [5.41, 5.74) is -1.24. The van der Waals surface area contributed by atoms with Crippen LogP contribution in [0.25, 0.3) is 0 Å². The number of sulfonamides is 1. The van der Waals surface area contributed by atoms with Crippen molar-refractivity contribution in [3.8, 4) is 0 Å². The molecule has 1 aromatic rings. The molecule has 0 bridgehead atoms. The first-order chi connectivity index (χ1) is 9.86. The lowest BCUT2D eigenvalue weighted by molar-refractivity contribution is -0.151. The zero-order valence-corrected chi connectivity index (χ0v) is 12.0. The minimum Gasteiger partial charge on any atom is -0.480 e. The number of hydrogen-bond donors (Lipinski definition) is 3. The molecule has 114 valence electrons. The number of carbonyl (C=O) groups is 2. The molecule has 1 saturated carbocycles. The van der Waals surface area contributed by atoms with Gasteiger partial charge in [0.1, 0.15) is 5.54 Å². The van der Waals surface area contributed by atoms with Gasteiger partial charge in [-0.3, -0.25) is 4.79 Å². The van der Waals surface area contributed by atoms with Crippen LogP contribution in [-0.4, -0.2) is 37.5 Å². The lowest BCUT2D eigenvalue weighted by atomic mass is 9.77. The number of carbonyl (C=O) groups excluding carboxylic acids is 1. The second-order valence-electron chi connectivity index (χ2n) is 4.93. The summed E-state index contributed by atoms with van der Waals surface area (Å²) in [5.74, 6) is -1.75. The zero-order valence-electron chi connectivity index (χ0n) is 11.2. The largest absolute Gasteiger partial charge is 0.480 e. The van der Waals surface area contributed by atoms with E-state index in [1.54, 1.807) is 18.2 Å². The highest BCUT2D eigenvalue weighted by Crippen LogP contribution is 2.31. The molecule has 1 aliphatic carbocycles. The van der Waals surface area contributed by atoms with E-state index in [2.05, 4.69) is 10.0 Å². The Morgan fingerprint density at radius 1 is 1.19 bits per heavy atom. The molecule has 0 saturated heterocycles. The fourth-order valence-corrected chi connectivity index (χ4v) is 3.08. The van der Waals surface area contributed by atoms with Gasteiger partial charge in [-0.25, -0.2) is 17.9 Å². The van der Waals surface area contributed by atoms with Crippen molar-refractivity contribution in [2.75, 3.05) is 6.54 Å². The van der Waals surface area contributed by atoms with Gasteiger partial charge >= 0.3 is 5.97 Å². The molecule has 0 unspecified atom stereocenters. The van der Waals surface area contributed by atoms with Gasteiger partial charge in [0.25, 0.3) is 0 Å². The second kappa shape index (κ2) is 5.82. The maximum absolute atomic E-state index is 11.9. The molecule has 0 atom stereocenters. The maximum atomic E-state index is 11.9. The van der Waals surface area contributed by atoms with E-state index in [4.69, 9.17) is 5.11 Å². The molecule has 0 heterocycles. The summed E-state index contributed by atoms with van der Waals surface area (Å²) in [6.45, 7) is -0.494. The first kappa shape index (κ1) is 15.5. The molecule has 1 fully saturated rings. The average molecular weight is 312 g/mol. The van der Waals surface area contributed by atoms with Gasteiger partial charge in [-0.2, -0.15) is 0 Å². The van der Waals surface area contributed by atoms with Crippen LogP contribution in [0.4, 0.5) is 0 Å². The van der Waals surface area contributed by atoms with Gasteiger partial charge in [-0.05, 0) is 31.4 Å². The van der Waals surface area contributed by atoms with Crippen molar-refractivity contribution >= 4 is 21.9 Å². The fraction of sp³-hybridized carbons (Fsp3) is 0.385. The van der Waals surface area contributed by atoms with Gasteiger partial charge in [0.05, 0.1) is 11.4 Å². The van der Waals surface area contributed by atoms with E-state index < -0.39 is 34.0 Å². The number of carboxylic acids is 1. The van der Waals surface area contributed by atoms with E-state index in [0.29, 0.717) is 12.8 Å². The van der Waals surface area contributed by atoms with E-state index in [1.165, 1.54) is 12.1 Å². The van der Waals surface area contributed by atoms with Crippen LogP contribution >= 0.6 is 0 Å². The van der Waals surface area contributed by atoms with Gasteiger partial charge in [0, 0.05) is 0 Å². The smallest absolute Gasteiger partial charge is 0.329 e. The van der Waals surface area contributed by atoms with E-state index in [1.807, 2.05) is 0 Å². The van der Waals surface area contributed by atoms with Crippen LogP contribution in [-0.2, 0) is 19.6 Å². The first-order valence-corrected chi connectivity index (χ1v) is 7.93. The predicted octanol–water partition coefficient (Wildman–Crippen LogP) is 0.0884. The van der Waals surface area contributed by atoms with Crippen LogP contribution < -0.4 is 10.0 Å². The van der Waals surface area contributed by atoms with E-state index in [0.717, 1.165) is 6.42 Å². The van der Waals surface area contributed by atoms with Crippen molar-refractivity contribution in [3.05, 3.63) is 30.3 Å². The van der Waals surface area contributed by atoms with E-state index in [9.17, 15) is 18.0 Å². The summed E-state index contributed by atoms with van der Waals surface area (Å²) >= 11 is 0. The van der Waals surface area contributed by atoms with Crippen molar-refractivity contribution in [2.45, 2.75) is 29.7 Å². The normalized spacial score (nSPS) is 16.8. The molecule has 0 aliphatic heterocycles. The van der Waals surface area contributed by atoms with Crippen LogP contribution in [0, 0.1) is 0 Å². The number of nitrogens with one attached hydrogen (secondary N) is 2. The second-order valence-corrected chi connectivity index (χ2v) is 6.69. The molecule has 7 nitrogen and oxygen atoms in total. The Balaban J connectivity index is 1.94. The lowest BCUT2D eigenvalue weighted by Gasteiger charge is -2.38. The number of rotatable bonds is 6. The van der Waals surface area contributed by atoms with Gasteiger partial charge < -0.3 is 10.4 Å². The molecule has 8 heteroatoms. The third-order valence-electron chi connectivity index (χ3n) is 3.47. The Bertz CT molecular complexity index is 638. The first-order valence-electron chi connectivity index (χ1n) is 6.45. The van der Waals surface area contributed by atoms with Crippen LogP contribution in [0.1, 0.15) is 19.3 Å². The van der Waals surface area contributed by atoms with Crippen LogP contribution in [0.5, 0.6) is 0 Å². The minimum absolute atomic E-state index is 0.0504. The molecule has 1 aromatic carbocycles. The van der Waals surface area contributed by atoms with Gasteiger partial charge in [0.15, 0.2) is 0 Å². The summed E-state index contributed by atoms with van der Waals surface area (Å²) < 4.78 is 26.0. The van der Waals surface area contributed by atoms with Crippen molar-refractivity contribution < 1.29 is 23.1 Å². The standard InChI is InChI=1S/C13H16N2O5S/c16-11(15-13(12(17)18)7-4-8-13)9-14-21(19,20)10-5-2-1-3-6-10/h1-3,5-6,14H,4,7-9H2,(H,15,16)(H,17,18). The summed E-state index contributed by atoms with van der Waals surface area (Å²) in [6.07, 6.45) is 1.45. The van der Waals surface area contributed by atoms with Crippen molar-refractivity contribution in [1.82, 2.24) is 10.0 Å². The van der Waals surface area contributed by atoms with Gasteiger partial charge in [0.2, 0.25) is 15.9 Å². The molecule has 21 heavy (non-hydrogen) atoms. The average Bonchev–Trinajstić information content (AvgIpc) is 2.41. The zero-order chi connectivity index (χ0) is 15.5. The molecular weight excluding hydrogens is 296 g/mol. The Kier molecular flexibility index (Phi) is 4.29. The number of amides is 1. The number of aliphatic carboxylic acids is 1. The highest BCUT2D eigenvalue weighted by Gasteiger charge is 2.45. The Morgan fingerprint density at radius 3 is 2.29 bits per heavy atom. The van der Waals surface area contributed by atoms with E-state index in [-0.39, 0.29) is 4.90 Å². The molecular formula is C13H16N2O5S. The molecule has 0 aromatic heterocycles. The van der Waals surface area contributed by atoms with Crippen LogP contribution in [0.3, 0.4) is 0 Å². The SMILES string of the molecule is O=C(CNS(=O)(=O)c1ccccc1)NC1(C(=O)O)CCC1. The quantitative estimate of drug-likeness (QED) is 0.689. The predicted molar refractivity (Wildman–Crippen MR) is 74.0 cm³/mol. The monoisotopic (exact) mass is 312 g/mol. The molecule has 0 spiro atoms. The Labute approximate surface area is 122 Å². The van der Waals surface area contributed by atoms with Gasteiger partial charge in [-0.1, -0.05) is 18.2 Å². The summed E-state index contributed by atoms with van der Waals surface area (Å²) in [7, 11) is -3.78. The lowest BCUT2D eigenvalue weighted by Crippen LogP contribution is -2.60.